The van der Waals surface area contributed by atoms with Gasteiger partial charge in [-0.15, -0.1) is 0 Å². The molecule has 22 heavy (non-hydrogen) atoms. The van der Waals surface area contributed by atoms with Crippen LogP contribution < -0.4 is 5.32 Å². The fraction of sp³-hybridized carbons (Fsp3) is 0.125. The molecule has 0 heterocycles. The van der Waals surface area contributed by atoms with Gasteiger partial charge in [-0.05, 0) is 17.7 Å². The number of rotatable bonds is 5. The van der Waals surface area contributed by atoms with Crippen LogP contribution in [-0.4, -0.2) is 18.4 Å². The van der Waals surface area contributed by atoms with Crippen molar-refractivity contribution < 1.29 is 18.7 Å². The van der Waals surface area contributed by atoms with Gasteiger partial charge in [0.25, 0.3) is 0 Å². The summed E-state index contributed by atoms with van der Waals surface area (Å²) >= 11 is 5.70. The number of alkyl carbamates (subject to hydrolysis) is 1. The lowest BCUT2D eigenvalue weighted by atomic mass is 10.1. The minimum absolute atomic E-state index is 0.0185. The lowest BCUT2D eigenvalue weighted by Gasteiger charge is -2.07. The summed E-state index contributed by atoms with van der Waals surface area (Å²) in [7, 11) is 0. The summed E-state index contributed by atoms with van der Waals surface area (Å²) in [4.78, 5) is 23.4. The van der Waals surface area contributed by atoms with Crippen molar-refractivity contribution in [3.8, 4) is 0 Å². The first kappa shape index (κ1) is 16.0. The first-order chi connectivity index (χ1) is 10.6. The van der Waals surface area contributed by atoms with Gasteiger partial charge in [0.15, 0.2) is 5.78 Å². The Hall–Kier alpha value is -2.40. The average Bonchev–Trinajstić information content (AvgIpc) is 2.54. The van der Waals surface area contributed by atoms with E-state index in [2.05, 4.69) is 5.32 Å². The molecule has 0 bridgehead atoms. The minimum Gasteiger partial charge on any atom is -0.445 e. The van der Waals surface area contributed by atoms with Crippen LogP contribution in [0.4, 0.5) is 9.18 Å². The molecule has 4 nitrogen and oxygen atoms in total. The maximum absolute atomic E-state index is 13.3. The fourth-order valence-corrected chi connectivity index (χ4v) is 1.97. The second-order valence-corrected chi connectivity index (χ2v) is 4.82. The van der Waals surface area contributed by atoms with Crippen LogP contribution in [0.25, 0.3) is 0 Å². The van der Waals surface area contributed by atoms with Crippen molar-refractivity contribution in [3.63, 3.8) is 0 Å². The predicted molar refractivity (Wildman–Crippen MR) is 80.4 cm³/mol. The molecule has 0 aliphatic rings. The summed E-state index contributed by atoms with van der Waals surface area (Å²) < 4.78 is 18.2. The second-order valence-electron chi connectivity index (χ2n) is 4.44. The van der Waals surface area contributed by atoms with Gasteiger partial charge in [0.05, 0.1) is 11.6 Å². The van der Waals surface area contributed by atoms with Crippen LogP contribution in [0, 0.1) is 5.82 Å². The zero-order valence-electron chi connectivity index (χ0n) is 11.5. The molecule has 114 valence electrons. The van der Waals surface area contributed by atoms with Crippen molar-refractivity contribution >= 4 is 23.5 Å². The molecule has 0 unspecified atom stereocenters. The Labute approximate surface area is 131 Å². The molecule has 2 aromatic rings. The Morgan fingerprint density at radius 3 is 2.55 bits per heavy atom. The highest BCUT2D eigenvalue weighted by atomic mass is 35.5. The molecule has 0 saturated carbocycles. The molecule has 0 fully saturated rings. The molecule has 1 N–H and O–H groups in total. The molecule has 6 heteroatoms. The van der Waals surface area contributed by atoms with Gasteiger partial charge in [0.1, 0.15) is 12.4 Å². The zero-order chi connectivity index (χ0) is 15.9. The number of carbonyl (C=O) groups is 2. The topological polar surface area (TPSA) is 55.4 Å². The minimum atomic E-state index is -0.732. The average molecular weight is 322 g/mol. The number of hydrogen-bond donors (Lipinski definition) is 1. The Balaban J connectivity index is 1.83. The normalized spacial score (nSPS) is 10.1. The quantitative estimate of drug-likeness (QED) is 0.856. The summed E-state index contributed by atoms with van der Waals surface area (Å²) in [6, 6.07) is 13.0. The van der Waals surface area contributed by atoms with E-state index in [1.807, 2.05) is 30.3 Å². The van der Waals surface area contributed by atoms with Gasteiger partial charge in [0, 0.05) is 5.56 Å². The summed E-state index contributed by atoms with van der Waals surface area (Å²) in [6.07, 6.45) is -0.732. The van der Waals surface area contributed by atoms with Gasteiger partial charge in [-0.2, -0.15) is 0 Å². The van der Waals surface area contributed by atoms with Crippen LogP contribution in [0.3, 0.4) is 0 Å². The summed E-state index contributed by atoms with van der Waals surface area (Å²) in [6.45, 7) is -0.224. The Kier molecular flexibility index (Phi) is 5.49. The standard InChI is InChI=1S/C16H13ClFNO3/c17-15-12(7-4-8-13(15)18)14(20)9-19-16(21)22-10-11-5-2-1-3-6-11/h1-8H,9-10H2,(H,19,21). The van der Waals surface area contributed by atoms with E-state index in [1.165, 1.54) is 12.1 Å². The second kappa shape index (κ2) is 7.56. The number of Topliss-reactive ketones (excluding diaryl/α,β-unsaturated/α-hetero) is 1. The van der Waals surface area contributed by atoms with Gasteiger partial charge < -0.3 is 10.1 Å². The largest absolute Gasteiger partial charge is 0.445 e. The Bertz CT molecular complexity index is 676. The highest BCUT2D eigenvalue weighted by Crippen LogP contribution is 2.19. The fourth-order valence-electron chi connectivity index (χ4n) is 1.74. The number of benzene rings is 2. The van der Waals surface area contributed by atoms with E-state index >= 15 is 0 Å². The molecule has 0 saturated heterocycles. The van der Waals surface area contributed by atoms with Gasteiger partial charge in [0.2, 0.25) is 0 Å². The molecule has 2 rings (SSSR count). The molecule has 0 spiro atoms. The van der Waals surface area contributed by atoms with Crippen molar-refractivity contribution in [1.29, 1.82) is 0 Å². The summed E-state index contributed by atoms with van der Waals surface area (Å²) in [5.41, 5.74) is 0.849. The molecule has 1 amide bonds. The Morgan fingerprint density at radius 2 is 1.82 bits per heavy atom. The number of carbonyl (C=O) groups excluding carboxylic acids is 2. The third kappa shape index (κ3) is 4.30. The first-order valence-electron chi connectivity index (χ1n) is 6.49. The van der Waals surface area contributed by atoms with Crippen molar-refractivity contribution in [2.24, 2.45) is 0 Å². The van der Waals surface area contributed by atoms with E-state index in [4.69, 9.17) is 16.3 Å². The van der Waals surface area contributed by atoms with Crippen LogP contribution >= 0.6 is 11.6 Å². The number of ketones is 1. The Morgan fingerprint density at radius 1 is 1.09 bits per heavy atom. The van der Waals surface area contributed by atoms with Gasteiger partial charge in [-0.1, -0.05) is 48.0 Å². The van der Waals surface area contributed by atoms with E-state index in [-0.39, 0.29) is 23.7 Å². The van der Waals surface area contributed by atoms with Crippen molar-refractivity contribution in [2.45, 2.75) is 6.61 Å². The third-order valence-electron chi connectivity index (χ3n) is 2.86. The van der Waals surface area contributed by atoms with Crippen molar-refractivity contribution in [2.75, 3.05) is 6.54 Å². The number of hydrogen-bond acceptors (Lipinski definition) is 3. The van der Waals surface area contributed by atoms with E-state index in [9.17, 15) is 14.0 Å². The maximum Gasteiger partial charge on any atom is 0.407 e. The van der Waals surface area contributed by atoms with Gasteiger partial charge in [-0.25, -0.2) is 9.18 Å². The molecule has 0 aliphatic carbocycles. The lowest BCUT2D eigenvalue weighted by molar-refractivity contribution is 0.0974. The SMILES string of the molecule is O=C(NCC(=O)c1cccc(F)c1Cl)OCc1ccccc1. The maximum atomic E-state index is 13.3. The predicted octanol–water partition coefficient (Wildman–Crippen LogP) is 3.59. The molecule has 0 aromatic heterocycles. The number of halogens is 2. The molecule has 2 aromatic carbocycles. The van der Waals surface area contributed by atoms with Crippen LogP contribution in [0.5, 0.6) is 0 Å². The molecule has 0 atom stereocenters. The van der Waals surface area contributed by atoms with E-state index in [0.29, 0.717) is 0 Å². The van der Waals surface area contributed by atoms with Crippen molar-refractivity contribution in [3.05, 3.63) is 70.5 Å². The first-order valence-corrected chi connectivity index (χ1v) is 6.87. The van der Waals surface area contributed by atoms with Crippen LogP contribution in [0.15, 0.2) is 48.5 Å². The van der Waals surface area contributed by atoms with Crippen LogP contribution in [0.2, 0.25) is 5.02 Å². The smallest absolute Gasteiger partial charge is 0.407 e. The highest BCUT2D eigenvalue weighted by Gasteiger charge is 2.14. The van der Waals surface area contributed by atoms with Crippen LogP contribution in [-0.2, 0) is 11.3 Å². The van der Waals surface area contributed by atoms with E-state index < -0.39 is 17.7 Å². The highest BCUT2D eigenvalue weighted by molar-refractivity contribution is 6.34. The third-order valence-corrected chi connectivity index (χ3v) is 3.24. The number of nitrogens with one attached hydrogen (secondary N) is 1. The number of ether oxygens (including phenoxy) is 1. The zero-order valence-corrected chi connectivity index (χ0v) is 12.3. The van der Waals surface area contributed by atoms with Gasteiger partial charge >= 0.3 is 6.09 Å². The molecular formula is C16H13ClFNO3. The van der Waals surface area contributed by atoms with E-state index in [0.717, 1.165) is 11.6 Å². The van der Waals surface area contributed by atoms with Crippen molar-refractivity contribution in [1.82, 2.24) is 5.32 Å². The number of amides is 1. The van der Waals surface area contributed by atoms with E-state index in [1.54, 1.807) is 0 Å². The molecular weight excluding hydrogens is 309 g/mol. The van der Waals surface area contributed by atoms with Gasteiger partial charge in [-0.3, -0.25) is 4.79 Å². The monoisotopic (exact) mass is 321 g/mol. The molecule has 0 aliphatic heterocycles. The summed E-state index contributed by atoms with van der Waals surface area (Å²) in [5.74, 6) is -1.18. The van der Waals surface area contributed by atoms with Crippen LogP contribution in [0.1, 0.15) is 15.9 Å². The summed E-state index contributed by atoms with van der Waals surface area (Å²) in [5, 5.41) is 2.05. The molecule has 0 radical (unpaired) electrons. The lowest BCUT2D eigenvalue weighted by Crippen LogP contribution is -2.30.